The molecule has 0 bridgehead atoms. The molecule has 1 aliphatic heterocycles. The number of fused-ring (bicyclic) bond motifs is 1. The van der Waals surface area contributed by atoms with Crippen molar-refractivity contribution in [2.24, 2.45) is 0 Å². The summed E-state index contributed by atoms with van der Waals surface area (Å²) in [5.74, 6) is 0. The Bertz CT molecular complexity index is 342. The number of hydrogen-bond acceptors (Lipinski definition) is 3. The standard InChI is InChI=1S/C8H8BClO3/c10-7-1-5(3-11)8-6(2-7)4-13-9(8)12/h1-2,11-12H,3-4H2. The summed E-state index contributed by atoms with van der Waals surface area (Å²) in [4.78, 5) is 0. The molecule has 1 aromatic carbocycles. The quantitative estimate of drug-likeness (QED) is 0.627. The monoisotopic (exact) mass is 198 g/mol. The van der Waals surface area contributed by atoms with E-state index in [-0.39, 0.29) is 6.61 Å². The SMILES string of the molecule is OCc1cc(Cl)cc2c1B(O)OC2. The minimum atomic E-state index is -0.922. The average molecular weight is 198 g/mol. The Morgan fingerprint density at radius 2 is 2.31 bits per heavy atom. The van der Waals surface area contributed by atoms with Gasteiger partial charge in [0.05, 0.1) is 13.2 Å². The molecular weight excluding hydrogens is 190 g/mol. The largest absolute Gasteiger partial charge is 0.492 e. The molecule has 0 atom stereocenters. The molecule has 0 saturated heterocycles. The molecule has 0 amide bonds. The highest BCUT2D eigenvalue weighted by atomic mass is 35.5. The van der Waals surface area contributed by atoms with Gasteiger partial charge in [0.25, 0.3) is 0 Å². The van der Waals surface area contributed by atoms with Crippen molar-refractivity contribution >= 4 is 24.2 Å². The van der Waals surface area contributed by atoms with Gasteiger partial charge in [-0.3, -0.25) is 0 Å². The number of aliphatic hydroxyl groups is 1. The maximum Gasteiger partial charge on any atom is 0.492 e. The Hall–Kier alpha value is -0.545. The van der Waals surface area contributed by atoms with Gasteiger partial charge in [-0.25, -0.2) is 0 Å². The van der Waals surface area contributed by atoms with Crippen LogP contribution >= 0.6 is 11.6 Å². The summed E-state index contributed by atoms with van der Waals surface area (Å²) in [5, 5.41) is 19.0. The van der Waals surface area contributed by atoms with Crippen LogP contribution in [-0.2, 0) is 17.9 Å². The molecule has 0 fully saturated rings. The minimum absolute atomic E-state index is 0.136. The van der Waals surface area contributed by atoms with Crippen molar-refractivity contribution in [3.63, 3.8) is 0 Å². The number of rotatable bonds is 1. The second-order valence-electron chi connectivity index (χ2n) is 2.96. The predicted octanol–water partition coefficient (Wildman–Crippen LogP) is 0.0500. The number of hydrogen-bond donors (Lipinski definition) is 2. The molecule has 0 unspecified atom stereocenters. The van der Waals surface area contributed by atoms with Crippen molar-refractivity contribution in [3.05, 3.63) is 28.3 Å². The molecule has 13 heavy (non-hydrogen) atoms. The van der Waals surface area contributed by atoms with E-state index in [9.17, 15) is 5.02 Å². The van der Waals surface area contributed by atoms with Crippen molar-refractivity contribution in [3.8, 4) is 0 Å². The average Bonchev–Trinajstić information content (AvgIpc) is 2.46. The Balaban J connectivity index is 2.57. The highest BCUT2D eigenvalue weighted by molar-refractivity contribution is 6.62. The molecule has 0 aliphatic carbocycles. The Labute approximate surface area is 81.1 Å². The Morgan fingerprint density at radius 3 is 3.00 bits per heavy atom. The van der Waals surface area contributed by atoms with Gasteiger partial charge in [0.2, 0.25) is 0 Å². The van der Waals surface area contributed by atoms with Crippen LogP contribution in [0.2, 0.25) is 5.02 Å². The van der Waals surface area contributed by atoms with Gasteiger partial charge in [0.1, 0.15) is 0 Å². The topological polar surface area (TPSA) is 49.7 Å². The summed E-state index contributed by atoms with van der Waals surface area (Å²) in [5.41, 5.74) is 2.14. The number of benzene rings is 1. The first-order valence-corrected chi connectivity index (χ1v) is 4.32. The van der Waals surface area contributed by atoms with E-state index in [0.29, 0.717) is 22.7 Å². The van der Waals surface area contributed by atoms with E-state index in [2.05, 4.69) is 0 Å². The van der Waals surface area contributed by atoms with E-state index >= 15 is 0 Å². The second kappa shape index (κ2) is 3.31. The summed E-state index contributed by atoms with van der Waals surface area (Å²) in [6, 6.07) is 3.38. The minimum Gasteiger partial charge on any atom is -0.423 e. The highest BCUT2D eigenvalue weighted by Gasteiger charge is 2.30. The summed E-state index contributed by atoms with van der Waals surface area (Å²) in [6.45, 7) is 0.216. The predicted molar refractivity (Wildman–Crippen MR) is 49.8 cm³/mol. The van der Waals surface area contributed by atoms with E-state index in [1.54, 1.807) is 12.1 Å². The molecule has 1 aromatic rings. The number of aliphatic hydroxyl groups excluding tert-OH is 1. The second-order valence-corrected chi connectivity index (χ2v) is 3.40. The van der Waals surface area contributed by atoms with Gasteiger partial charge in [-0.1, -0.05) is 11.6 Å². The molecule has 3 nitrogen and oxygen atoms in total. The molecule has 0 aromatic heterocycles. The molecule has 0 radical (unpaired) electrons. The van der Waals surface area contributed by atoms with Crippen LogP contribution in [0.5, 0.6) is 0 Å². The zero-order chi connectivity index (χ0) is 9.42. The normalized spacial score (nSPS) is 14.8. The van der Waals surface area contributed by atoms with Crippen LogP contribution in [0.15, 0.2) is 12.1 Å². The maximum absolute atomic E-state index is 9.41. The van der Waals surface area contributed by atoms with Crippen LogP contribution in [0.1, 0.15) is 11.1 Å². The third-order valence-electron chi connectivity index (χ3n) is 2.13. The lowest BCUT2D eigenvalue weighted by Crippen LogP contribution is -2.31. The lowest BCUT2D eigenvalue weighted by atomic mass is 9.76. The van der Waals surface area contributed by atoms with Crippen LogP contribution in [0.4, 0.5) is 0 Å². The molecule has 5 heteroatoms. The molecular formula is C8H8BClO3. The maximum atomic E-state index is 9.41. The van der Waals surface area contributed by atoms with Gasteiger partial charge in [0, 0.05) is 5.02 Å². The van der Waals surface area contributed by atoms with E-state index in [0.717, 1.165) is 5.56 Å². The van der Waals surface area contributed by atoms with Gasteiger partial charge in [-0.2, -0.15) is 0 Å². The van der Waals surface area contributed by atoms with E-state index < -0.39 is 7.12 Å². The molecule has 2 rings (SSSR count). The van der Waals surface area contributed by atoms with Crippen molar-refractivity contribution in [2.45, 2.75) is 13.2 Å². The third-order valence-corrected chi connectivity index (χ3v) is 2.35. The third kappa shape index (κ3) is 1.46. The van der Waals surface area contributed by atoms with Gasteiger partial charge >= 0.3 is 7.12 Å². The van der Waals surface area contributed by atoms with Crippen LogP contribution in [0, 0.1) is 0 Å². The van der Waals surface area contributed by atoms with Gasteiger partial charge in [-0.15, -0.1) is 0 Å². The van der Waals surface area contributed by atoms with Gasteiger partial charge < -0.3 is 14.8 Å². The van der Waals surface area contributed by atoms with E-state index in [1.165, 1.54) is 0 Å². The van der Waals surface area contributed by atoms with Crippen molar-refractivity contribution in [1.82, 2.24) is 0 Å². The fraction of sp³-hybridized carbons (Fsp3) is 0.250. The first-order valence-electron chi connectivity index (χ1n) is 3.94. The molecule has 0 spiro atoms. The first kappa shape index (κ1) is 9.03. The molecule has 68 valence electrons. The molecule has 1 aliphatic rings. The highest BCUT2D eigenvalue weighted by Crippen LogP contribution is 2.19. The van der Waals surface area contributed by atoms with Crippen LogP contribution < -0.4 is 5.46 Å². The summed E-state index contributed by atoms with van der Waals surface area (Å²) in [7, 11) is -0.922. The van der Waals surface area contributed by atoms with Gasteiger partial charge in [0.15, 0.2) is 0 Å². The molecule has 1 heterocycles. The molecule has 0 saturated carbocycles. The fourth-order valence-corrected chi connectivity index (χ4v) is 1.82. The zero-order valence-corrected chi connectivity index (χ0v) is 7.58. The summed E-state index contributed by atoms with van der Waals surface area (Å²) in [6.07, 6.45) is 0. The summed E-state index contributed by atoms with van der Waals surface area (Å²) < 4.78 is 5.01. The van der Waals surface area contributed by atoms with Crippen LogP contribution in [-0.4, -0.2) is 17.2 Å². The number of halogens is 1. The van der Waals surface area contributed by atoms with Crippen molar-refractivity contribution in [2.75, 3.05) is 0 Å². The van der Waals surface area contributed by atoms with E-state index in [4.69, 9.17) is 21.4 Å². The Morgan fingerprint density at radius 1 is 1.54 bits per heavy atom. The van der Waals surface area contributed by atoms with Gasteiger partial charge in [-0.05, 0) is 28.7 Å². The lowest BCUT2D eigenvalue weighted by molar-refractivity contribution is 0.273. The first-order chi connectivity index (χ1) is 6.22. The zero-order valence-electron chi connectivity index (χ0n) is 6.83. The Kier molecular flexibility index (Phi) is 2.30. The van der Waals surface area contributed by atoms with Crippen molar-refractivity contribution < 1.29 is 14.8 Å². The molecule has 2 N–H and O–H groups in total. The lowest BCUT2D eigenvalue weighted by Gasteiger charge is -2.05. The smallest absolute Gasteiger partial charge is 0.423 e. The summed E-state index contributed by atoms with van der Waals surface area (Å²) >= 11 is 5.81. The van der Waals surface area contributed by atoms with Crippen molar-refractivity contribution in [1.29, 1.82) is 0 Å². The van der Waals surface area contributed by atoms with E-state index in [1.807, 2.05) is 0 Å². The fourth-order valence-electron chi connectivity index (χ4n) is 1.56. The van der Waals surface area contributed by atoms with Crippen LogP contribution in [0.25, 0.3) is 0 Å². The van der Waals surface area contributed by atoms with Crippen LogP contribution in [0.3, 0.4) is 0 Å².